The molecule has 0 spiro atoms. The molecule has 0 bridgehead atoms. The van der Waals surface area contributed by atoms with E-state index in [1.165, 1.54) is 79.3 Å². The maximum atomic E-state index is 10.9. The van der Waals surface area contributed by atoms with Crippen molar-refractivity contribution in [1.29, 1.82) is 0 Å². The molecule has 7 aromatic carbocycles. The van der Waals surface area contributed by atoms with E-state index in [9.17, 15) is 5.11 Å². The van der Waals surface area contributed by atoms with Crippen LogP contribution in [0.3, 0.4) is 0 Å². The smallest absolute Gasteiger partial charge is 0.116 e. The van der Waals surface area contributed by atoms with Crippen LogP contribution >= 0.6 is 22.7 Å². The highest BCUT2D eigenvalue weighted by atomic mass is 32.1. The number of allylic oxidation sites excluding steroid dienone is 5. The van der Waals surface area contributed by atoms with Gasteiger partial charge in [-0.05, 0) is 115 Å². The summed E-state index contributed by atoms with van der Waals surface area (Å²) in [5, 5.41) is 19.5. The van der Waals surface area contributed by atoms with Crippen LogP contribution < -0.4 is 0 Å². The minimum atomic E-state index is 0.259. The second-order valence-electron chi connectivity index (χ2n) is 15.8. The number of thiophene rings is 2. The van der Waals surface area contributed by atoms with Crippen LogP contribution in [-0.4, -0.2) is 14.2 Å². The molecule has 0 saturated heterocycles. The molecule has 3 nitrogen and oxygen atoms in total. The van der Waals surface area contributed by atoms with E-state index in [0.29, 0.717) is 0 Å². The van der Waals surface area contributed by atoms with Crippen molar-refractivity contribution >= 4 is 114 Å². The van der Waals surface area contributed by atoms with Crippen molar-refractivity contribution in [3.05, 3.63) is 192 Å². The molecule has 1 aliphatic carbocycles. The highest BCUT2D eigenvalue weighted by molar-refractivity contribution is 7.26. The Hall–Kier alpha value is -6.92. The molecule has 0 radical (unpaired) electrons. The fraction of sp³-hybridized carbons (Fsp3) is 0.0545. The average Bonchev–Trinajstić information content (AvgIpc) is 4.02. The Labute approximate surface area is 355 Å². The molecule has 0 unspecified atom stereocenters. The van der Waals surface area contributed by atoms with Crippen LogP contribution in [0.5, 0.6) is 5.75 Å². The van der Waals surface area contributed by atoms with Gasteiger partial charge in [0.25, 0.3) is 0 Å². The number of nitrogens with zero attached hydrogens (tertiary/aromatic N) is 2. The summed E-state index contributed by atoms with van der Waals surface area (Å²) in [5.41, 5.74) is 12.9. The Balaban J connectivity index is 1.07. The van der Waals surface area contributed by atoms with E-state index in [1.54, 1.807) is 6.07 Å². The molecule has 0 amide bonds. The van der Waals surface area contributed by atoms with Gasteiger partial charge >= 0.3 is 0 Å². The Morgan fingerprint density at radius 2 is 1.30 bits per heavy atom. The number of hydrogen-bond donors (Lipinski definition) is 1. The van der Waals surface area contributed by atoms with E-state index in [-0.39, 0.29) is 5.75 Å². The quantitative estimate of drug-likeness (QED) is 0.167. The second-order valence-corrected chi connectivity index (χ2v) is 18.0. The van der Waals surface area contributed by atoms with E-state index in [2.05, 4.69) is 168 Å². The van der Waals surface area contributed by atoms with E-state index in [1.807, 2.05) is 40.9 Å². The number of aromatic hydroxyl groups is 1. The van der Waals surface area contributed by atoms with Crippen LogP contribution in [0.25, 0.3) is 102 Å². The SMILES string of the molecule is C=C/C=C(\C=C\n1c2ccc(O)cc2c2c(C3=CCCc4sc5ccccc5c43)cccc21)n1c2ccc(C)cc2c2c(-c3cccc4sc5ccccc5c34)cccc21. The predicted octanol–water partition coefficient (Wildman–Crippen LogP) is 15.7. The number of aromatic nitrogens is 2. The van der Waals surface area contributed by atoms with E-state index in [4.69, 9.17) is 0 Å². The van der Waals surface area contributed by atoms with Crippen LogP contribution in [0.1, 0.15) is 28.0 Å². The zero-order chi connectivity index (χ0) is 40.1. The van der Waals surface area contributed by atoms with Crippen LogP contribution in [0, 0.1) is 6.92 Å². The topological polar surface area (TPSA) is 30.1 Å². The summed E-state index contributed by atoms with van der Waals surface area (Å²) in [6, 6.07) is 50.2. The van der Waals surface area contributed by atoms with Gasteiger partial charge in [0.05, 0.1) is 22.1 Å². The van der Waals surface area contributed by atoms with Gasteiger partial charge in [-0.15, -0.1) is 22.7 Å². The van der Waals surface area contributed by atoms with Crippen LogP contribution in [0.4, 0.5) is 0 Å². The Bertz CT molecular complexity index is 3710. The van der Waals surface area contributed by atoms with Gasteiger partial charge in [-0.2, -0.15) is 0 Å². The number of benzene rings is 7. The average molecular weight is 807 g/mol. The Morgan fingerprint density at radius 3 is 2.15 bits per heavy atom. The minimum Gasteiger partial charge on any atom is -0.508 e. The van der Waals surface area contributed by atoms with Crippen molar-refractivity contribution in [2.24, 2.45) is 0 Å². The van der Waals surface area contributed by atoms with Crippen molar-refractivity contribution in [3.63, 3.8) is 0 Å². The summed E-state index contributed by atoms with van der Waals surface area (Å²) in [7, 11) is 0. The number of fused-ring (bicyclic) bond motifs is 12. The van der Waals surface area contributed by atoms with Gasteiger partial charge in [0.1, 0.15) is 5.75 Å². The van der Waals surface area contributed by atoms with E-state index in [0.717, 1.165) is 51.4 Å². The first-order chi connectivity index (χ1) is 29.6. The lowest BCUT2D eigenvalue weighted by Crippen LogP contribution is -1.98. The van der Waals surface area contributed by atoms with Crippen LogP contribution in [0.15, 0.2) is 170 Å². The maximum Gasteiger partial charge on any atom is 0.116 e. The first-order valence-electron chi connectivity index (χ1n) is 20.5. The molecular weight excluding hydrogens is 769 g/mol. The number of phenolic OH excluding ortho intramolecular Hbond substituents is 1. The van der Waals surface area contributed by atoms with Gasteiger partial charge in [-0.3, -0.25) is 0 Å². The molecule has 11 aromatic rings. The lowest BCUT2D eigenvalue weighted by atomic mass is 9.87. The molecule has 60 heavy (non-hydrogen) atoms. The Kier molecular flexibility index (Phi) is 7.93. The molecule has 12 rings (SSSR count). The first-order valence-corrected chi connectivity index (χ1v) is 22.1. The fourth-order valence-electron chi connectivity index (χ4n) is 9.90. The monoisotopic (exact) mass is 806 g/mol. The third kappa shape index (κ3) is 5.19. The third-order valence-electron chi connectivity index (χ3n) is 12.3. The van der Waals surface area contributed by atoms with Crippen molar-refractivity contribution in [2.75, 3.05) is 0 Å². The Morgan fingerprint density at radius 1 is 0.617 bits per heavy atom. The van der Waals surface area contributed by atoms with Gasteiger partial charge in [0, 0.05) is 74.1 Å². The number of aryl methyl sites for hydroxylation is 2. The molecule has 286 valence electrons. The summed E-state index contributed by atoms with van der Waals surface area (Å²) >= 11 is 3.78. The number of phenols is 1. The lowest BCUT2D eigenvalue weighted by molar-refractivity contribution is 0.476. The molecule has 1 N–H and O–H groups in total. The molecule has 0 atom stereocenters. The molecular formula is C55H38N2OS2. The van der Waals surface area contributed by atoms with Crippen molar-refractivity contribution < 1.29 is 5.11 Å². The molecule has 4 heterocycles. The molecule has 0 aliphatic heterocycles. The van der Waals surface area contributed by atoms with Crippen LogP contribution in [-0.2, 0) is 6.42 Å². The van der Waals surface area contributed by atoms with Gasteiger partial charge < -0.3 is 14.2 Å². The highest BCUT2D eigenvalue weighted by Crippen LogP contribution is 2.47. The summed E-state index contributed by atoms with van der Waals surface area (Å²) < 4.78 is 8.61. The van der Waals surface area contributed by atoms with Gasteiger partial charge in [0.2, 0.25) is 0 Å². The van der Waals surface area contributed by atoms with Gasteiger partial charge in [-0.25, -0.2) is 0 Å². The number of hydrogen-bond acceptors (Lipinski definition) is 3. The third-order valence-corrected chi connectivity index (χ3v) is 14.7. The van der Waals surface area contributed by atoms with Crippen molar-refractivity contribution in [3.8, 4) is 16.9 Å². The minimum absolute atomic E-state index is 0.259. The fourth-order valence-corrected chi connectivity index (χ4v) is 12.3. The first kappa shape index (κ1) is 35.1. The van der Waals surface area contributed by atoms with Crippen molar-refractivity contribution in [1.82, 2.24) is 9.13 Å². The lowest BCUT2D eigenvalue weighted by Gasteiger charge is -2.16. The normalized spacial score (nSPS) is 13.6. The zero-order valence-corrected chi connectivity index (χ0v) is 34.6. The summed E-state index contributed by atoms with van der Waals surface area (Å²) in [4.78, 5) is 1.45. The standard InChI is InChI=1S/C55H38N2OS2/c1-3-12-34(57-45-27-25-33(2)31-42(45)53-37(16-9-20-47(53)57)39-18-11-24-51-55(39)41-14-5-7-22-49(41)60-51)29-30-56-44-28-26-35(58)32-43(44)52-36(15-8-19-46(52)56)38-17-10-23-50-54(38)40-13-4-6-21-48(40)59-50/h3-9,11-22,24-32,58H,1,10,23H2,2H3/b30-29+,34-12+. The molecule has 5 heteroatoms. The largest absolute Gasteiger partial charge is 0.508 e. The number of rotatable bonds is 6. The van der Waals surface area contributed by atoms with E-state index < -0.39 is 0 Å². The molecule has 4 aromatic heterocycles. The van der Waals surface area contributed by atoms with E-state index >= 15 is 0 Å². The molecule has 0 saturated carbocycles. The van der Waals surface area contributed by atoms with Crippen molar-refractivity contribution in [2.45, 2.75) is 19.8 Å². The second kappa shape index (κ2) is 13.6. The highest BCUT2D eigenvalue weighted by Gasteiger charge is 2.24. The van der Waals surface area contributed by atoms with Gasteiger partial charge in [0.15, 0.2) is 0 Å². The summed E-state index contributed by atoms with van der Waals surface area (Å²) in [6.07, 6.45) is 12.9. The van der Waals surface area contributed by atoms with Crippen LogP contribution in [0.2, 0.25) is 0 Å². The maximum absolute atomic E-state index is 10.9. The molecule has 1 aliphatic rings. The molecule has 0 fully saturated rings. The summed E-state index contributed by atoms with van der Waals surface area (Å²) in [5.74, 6) is 0.259. The predicted molar refractivity (Wildman–Crippen MR) is 261 cm³/mol. The summed E-state index contributed by atoms with van der Waals surface area (Å²) in [6.45, 7) is 6.38. The zero-order valence-electron chi connectivity index (χ0n) is 32.9. The van der Waals surface area contributed by atoms with Gasteiger partial charge in [-0.1, -0.05) is 103 Å².